The topological polar surface area (TPSA) is 94.2 Å². The molecule has 1 aliphatic heterocycles. The van der Waals surface area contributed by atoms with Crippen molar-refractivity contribution in [3.05, 3.63) is 58.1 Å². The van der Waals surface area contributed by atoms with Gasteiger partial charge in [0.15, 0.2) is 0 Å². The molecule has 8 nitrogen and oxygen atoms in total. The second-order valence-corrected chi connectivity index (χ2v) is 14.8. The molecule has 0 unspecified atom stereocenters. The lowest BCUT2D eigenvalue weighted by atomic mass is 9.74. The average Bonchev–Trinajstić information content (AvgIpc) is 3.02. The van der Waals surface area contributed by atoms with E-state index in [1.54, 1.807) is 25.3 Å². The summed E-state index contributed by atoms with van der Waals surface area (Å²) in [6.07, 6.45) is 6.57. The predicted octanol–water partition coefficient (Wildman–Crippen LogP) is 6.78. The number of carbonyl (C=O) groups is 1. The minimum atomic E-state index is -3.90. The Balaban J connectivity index is 1.54. The number of nitrogens with one attached hydrogen (secondary N) is 1. The van der Waals surface area contributed by atoms with Crippen LogP contribution in [-0.4, -0.2) is 59.1 Å². The summed E-state index contributed by atoms with van der Waals surface area (Å²) in [5.41, 5.74) is 3.43. The van der Waals surface area contributed by atoms with E-state index in [1.807, 2.05) is 32.0 Å². The van der Waals surface area contributed by atoms with Gasteiger partial charge in [0.05, 0.1) is 30.3 Å². The first-order valence-electron chi connectivity index (χ1n) is 16.1. The lowest BCUT2D eigenvalue weighted by Gasteiger charge is -2.39. The van der Waals surface area contributed by atoms with Gasteiger partial charge in [0.2, 0.25) is 10.0 Å². The Bertz CT molecular complexity index is 1350. The second kappa shape index (κ2) is 16.3. The summed E-state index contributed by atoms with van der Waals surface area (Å²) in [4.78, 5) is 15.8. The van der Waals surface area contributed by atoms with Gasteiger partial charge < -0.3 is 19.1 Å². The molecule has 1 saturated carbocycles. The van der Waals surface area contributed by atoms with Gasteiger partial charge in [-0.2, -0.15) is 0 Å². The number of ether oxygens (including phenoxy) is 3. The number of anilines is 1. The molecular formula is C34H49ClN2O6S. The Labute approximate surface area is 268 Å². The molecule has 0 saturated heterocycles. The number of amides is 1. The molecule has 0 bridgehead atoms. The summed E-state index contributed by atoms with van der Waals surface area (Å²) in [6, 6.07) is 11.2. The van der Waals surface area contributed by atoms with Crippen molar-refractivity contribution in [3.63, 3.8) is 0 Å². The molecule has 1 heterocycles. The third-order valence-electron chi connectivity index (χ3n) is 9.20. The first kappa shape index (κ1) is 34.5. The molecule has 2 aliphatic rings. The van der Waals surface area contributed by atoms with Crippen LogP contribution in [0.4, 0.5) is 5.69 Å². The molecule has 1 amide bonds. The minimum Gasteiger partial charge on any atom is -0.487 e. The van der Waals surface area contributed by atoms with E-state index in [9.17, 15) is 13.2 Å². The normalized spacial score (nSPS) is 20.2. The molecule has 2 aromatic carbocycles. The third kappa shape index (κ3) is 9.35. The molecule has 0 aromatic heterocycles. The number of hydrogen-bond donors (Lipinski definition) is 1. The van der Waals surface area contributed by atoms with E-state index in [0.29, 0.717) is 62.2 Å². The molecule has 244 valence electrons. The van der Waals surface area contributed by atoms with Gasteiger partial charge in [-0.05, 0) is 105 Å². The van der Waals surface area contributed by atoms with E-state index >= 15 is 0 Å². The molecule has 2 aromatic rings. The van der Waals surface area contributed by atoms with Gasteiger partial charge in [-0.3, -0.25) is 4.79 Å². The van der Waals surface area contributed by atoms with Crippen molar-refractivity contribution in [2.24, 2.45) is 11.8 Å². The predicted molar refractivity (Wildman–Crippen MR) is 176 cm³/mol. The lowest BCUT2D eigenvalue weighted by molar-refractivity contribution is 0.0216. The van der Waals surface area contributed by atoms with Crippen molar-refractivity contribution in [1.82, 2.24) is 4.72 Å². The number of halogens is 1. The van der Waals surface area contributed by atoms with Crippen molar-refractivity contribution >= 4 is 33.2 Å². The number of nitrogens with zero attached hydrogens (tertiary/aromatic N) is 1. The van der Waals surface area contributed by atoms with Crippen molar-refractivity contribution < 1.29 is 27.4 Å². The van der Waals surface area contributed by atoms with E-state index in [2.05, 4.69) is 16.5 Å². The molecule has 10 heteroatoms. The fourth-order valence-electron chi connectivity index (χ4n) is 6.06. The number of aryl methyl sites for hydroxylation is 1. The van der Waals surface area contributed by atoms with Crippen molar-refractivity contribution in [1.29, 1.82) is 0 Å². The fraction of sp³-hybridized carbons (Fsp3) is 0.618. The number of methoxy groups -OCH3 is 1. The largest absolute Gasteiger partial charge is 0.487 e. The highest BCUT2D eigenvalue weighted by Crippen LogP contribution is 2.38. The SMILES string of the molecule is CC[C@H](CC[C@H](C)OCCOC)S(=O)(=O)NC(=O)c1ccc2c(c1)N(C[C@@H]1CC[C@@H]1C)CCCCc1cc(Cl)ccc1CO2. The van der Waals surface area contributed by atoms with E-state index in [-0.39, 0.29) is 6.10 Å². The summed E-state index contributed by atoms with van der Waals surface area (Å²) < 4.78 is 46.1. The van der Waals surface area contributed by atoms with Gasteiger partial charge in [0, 0.05) is 30.8 Å². The molecule has 4 atom stereocenters. The molecule has 1 aliphatic carbocycles. The van der Waals surface area contributed by atoms with Crippen molar-refractivity contribution in [2.45, 2.75) is 90.1 Å². The average molecular weight is 649 g/mol. The monoisotopic (exact) mass is 648 g/mol. The molecule has 1 N–H and O–H groups in total. The number of carbonyl (C=O) groups excluding carboxylic acids is 1. The van der Waals surface area contributed by atoms with E-state index in [4.69, 9.17) is 25.8 Å². The van der Waals surface area contributed by atoms with Crippen LogP contribution in [0.15, 0.2) is 36.4 Å². The Morgan fingerprint density at radius 3 is 2.64 bits per heavy atom. The first-order valence-corrected chi connectivity index (χ1v) is 18.0. The van der Waals surface area contributed by atoms with Gasteiger partial charge >= 0.3 is 0 Å². The number of hydrogen-bond acceptors (Lipinski definition) is 7. The first-order chi connectivity index (χ1) is 21.1. The Kier molecular flexibility index (Phi) is 12.8. The van der Waals surface area contributed by atoms with Crippen LogP contribution in [0.2, 0.25) is 5.02 Å². The molecular weight excluding hydrogens is 600 g/mol. The fourth-order valence-corrected chi connectivity index (χ4v) is 7.68. The van der Waals surface area contributed by atoms with Crippen LogP contribution in [-0.2, 0) is 32.5 Å². The van der Waals surface area contributed by atoms with Crippen LogP contribution in [0.1, 0.15) is 87.2 Å². The molecule has 0 spiro atoms. The zero-order chi connectivity index (χ0) is 31.7. The van der Waals surface area contributed by atoms with Crippen molar-refractivity contribution in [3.8, 4) is 5.75 Å². The van der Waals surface area contributed by atoms with Gasteiger partial charge in [-0.15, -0.1) is 0 Å². The molecule has 0 radical (unpaired) electrons. The zero-order valence-corrected chi connectivity index (χ0v) is 28.2. The summed E-state index contributed by atoms with van der Waals surface area (Å²) >= 11 is 6.31. The van der Waals surface area contributed by atoms with Crippen LogP contribution >= 0.6 is 11.6 Å². The van der Waals surface area contributed by atoms with Crippen LogP contribution in [0.5, 0.6) is 5.75 Å². The Hall–Kier alpha value is -2.33. The maximum atomic E-state index is 13.5. The Morgan fingerprint density at radius 2 is 1.93 bits per heavy atom. The quantitative estimate of drug-likeness (QED) is 0.239. The second-order valence-electron chi connectivity index (χ2n) is 12.4. The van der Waals surface area contributed by atoms with Gasteiger partial charge in [-0.1, -0.05) is 37.9 Å². The highest BCUT2D eigenvalue weighted by molar-refractivity contribution is 7.90. The van der Waals surface area contributed by atoms with E-state index < -0.39 is 21.2 Å². The number of benzene rings is 2. The highest BCUT2D eigenvalue weighted by Gasteiger charge is 2.31. The smallest absolute Gasteiger partial charge is 0.264 e. The maximum absolute atomic E-state index is 13.5. The highest BCUT2D eigenvalue weighted by atomic mass is 35.5. The standard InChI is InChI=1S/C34H49ClN2O6S/c1-5-31(15-10-25(3)42-19-18-41-4)44(39,40)36-34(38)27-13-16-33-32(21-27)37(22-28-11-9-24(28)2)17-7-6-8-26-20-30(35)14-12-29(26)23-43-33/h12-14,16,20-21,24-25,28,31H,5-11,15,17-19,22-23H2,1-4H3,(H,36,38)/t24-,25-,28-,31+/m0/s1. The molecule has 4 rings (SSSR count). The molecule has 1 fully saturated rings. The maximum Gasteiger partial charge on any atom is 0.264 e. The summed E-state index contributed by atoms with van der Waals surface area (Å²) in [5.74, 6) is 1.29. The van der Waals surface area contributed by atoms with Gasteiger partial charge in [0.25, 0.3) is 5.91 Å². The van der Waals surface area contributed by atoms with Crippen LogP contribution in [0, 0.1) is 11.8 Å². The Morgan fingerprint density at radius 1 is 1.11 bits per heavy atom. The number of rotatable bonds is 13. The minimum absolute atomic E-state index is 0.107. The molecule has 44 heavy (non-hydrogen) atoms. The van der Waals surface area contributed by atoms with Crippen LogP contribution < -0.4 is 14.4 Å². The summed E-state index contributed by atoms with van der Waals surface area (Å²) in [6.45, 7) is 9.07. The van der Waals surface area contributed by atoms with Crippen LogP contribution in [0.25, 0.3) is 0 Å². The van der Waals surface area contributed by atoms with E-state index in [1.165, 1.54) is 18.4 Å². The lowest BCUT2D eigenvalue weighted by Crippen LogP contribution is -2.39. The summed E-state index contributed by atoms with van der Waals surface area (Å²) in [7, 11) is -2.29. The van der Waals surface area contributed by atoms with Gasteiger partial charge in [-0.25, -0.2) is 13.1 Å². The van der Waals surface area contributed by atoms with Gasteiger partial charge in [0.1, 0.15) is 12.4 Å². The number of sulfonamides is 1. The van der Waals surface area contributed by atoms with E-state index in [0.717, 1.165) is 48.6 Å². The third-order valence-corrected chi connectivity index (χ3v) is 11.4. The van der Waals surface area contributed by atoms with Crippen molar-refractivity contribution in [2.75, 3.05) is 38.3 Å². The zero-order valence-electron chi connectivity index (χ0n) is 26.6. The summed E-state index contributed by atoms with van der Waals surface area (Å²) in [5, 5.41) is 0.0224. The van der Waals surface area contributed by atoms with Crippen LogP contribution in [0.3, 0.4) is 0 Å². The number of fused-ring (bicyclic) bond motifs is 2.